The minimum absolute atomic E-state index is 0.176. The second-order valence-corrected chi connectivity index (χ2v) is 9.63. The third-order valence-corrected chi connectivity index (χ3v) is 9.77. The highest BCUT2D eigenvalue weighted by atomic mass is 32.3. The van der Waals surface area contributed by atoms with E-state index in [9.17, 15) is 10.2 Å². The van der Waals surface area contributed by atoms with Gasteiger partial charge in [-0.25, -0.2) is 0 Å². The smallest absolute Gasteiger partial charge is 0.277 e. The number of thioether (sulfide) groups is 1. The van der Waals surface area contributed by atoms with Crippen molar-refractivity contribution in [3.8, 4) is 0 Å². The van der Waals surface area contributed by atoms with Crippen LogP contribution in [0.5, 0.6) is 0 Å². The lowest BCUT2D eigenvalue weighted by atomic mass is 9.96. The van der Waals surface area contributed by atoms with Crippen molar-refractivity contribution in [2.45, 2.75) is 65.8 Å². The lowest BCUT2D eigenvalue weighted by Gasteiger charge is -2.31. The van der Waals surface area contributed by atoms with Gasteiger partial charge in [0.1, 0.15) is 5.75 Å². The van der Waals surface area contributed by atoms with Crippen LogP contribution in [0.4, 0.5) is 0 Å². The molecule has 0 spiro atoms. The Labute approximate surface area is 105 Å². The van der Waals surface area contributed by atoms with Crippen LogP contribution in [0.3, 0.4) is 0 Å². The summed E-state index contributed by atoms with van der Waals surface area (Å²) in [5.41, 5.74) is 0. The van der Waals surface area contributed by atoms with Gasteiger partial charge in [0.15, 0.2) is 0 Å². The van der Waals surface area contributed by atoms with Crippen LogP contribution < -0.4 is 0 Å². The molecule has 4 unspecified atom stereocenters. The molecule has 0 aromatic carbocycles. The second kappa shape index (κ2) is 4.08. The summed E-state index contributed by atoms with van der Waals surface area (Å²) in [4.78, 5) is -0.526. The molecule has 92 valence electrons. The van der Waals surface area contributed by atoms with Gasteiger partial charge in [0.25, 0.3) is 4.27 Å². The van der Waals surface area contributed by atoms with Gasteiger partial charge in [0.2, 0.25) is 4.93 Å². The van der Waals surface area contributed by atoms with Crippen LogP contribution in [0.25, 0.3) is 0 Å². The molecule has 2 saturated heterocycles. The normalized spacial score (nSPS) is 52.9. The molecule has 2 N–H and O–H groups in total. The molecular weight excluding hydrogens is 240 g/mol. The molecule has 2 heterocycles. The number of rotatable bonds is 0. The van der Waals surface area contributed by atoms with Gasteiger partial charge in [-0.3, -0.25) is 0 Å². The second-order valence-electron chi connectivity index (χ2n) is 5.32. The van der Waals surface area contributed by atoms with Crippen molar-refractivity contribution in [1.82, 2.24) is 0 Å². The first-order valence-electron chi connectivity index (χ1n) is 6.49. The quantitative estimate of drug-likeness (QED) is 0.657. The predicted molar refractivity (Wildman–Crippen MR) is 70.4 cm³/mol. The predicted octanol–water partition coefficient (Wildman–Crippen LogP) is 2.20. The molecule has 0 radical (unpaired) electrons. The molecule has 3 fully saturated rings. The monoisotopic (exact) mass is 261 g/mol. The summed E-state index contributed by atoms with van der Waals surface area (Å²) in [6.45, 7) is 0. The summed E-state index contributed by atoms with van der Waals surface area (Å²) < 4.78 is -0.583. The molecule has 2 nitrogen and oxygen atoms in total. The van der Waals surface area contributed by atoms with Crippen molar-refractivity contribution >= 4 is 22.7 Å². The van der Waals surface area contributed by atoms with Gasteiger partial charge in [0.05, 0.1) is 16.1 Å². The van der Waals surface area contributed by atoms with Gasteiger partial charge in [0, 0.05) is 12.8 Å². The molecule has 0 bridgehead atoms. The zero-order valence-electron chi connectivity index (χ0n) is 9.65. The highest BCUT2D eigenvalue weighted by Crippen LogP contribution is 2.59. The van der Waals surface area contributed by atoms with Crippen LogP contribution in [-0.4, -0.2) is 30.4 Å². The van der Waals surface area contributed by atoms with Crippen molar-refractivity contribution in [2.24, 2.45) is 0 Å². The van der Waals surface area contributed by atoms with Crippen molar-refractivity contribution in [3.05, 3.63) is 0 Å². The Hall–Kier alpha value is 0.620. The summed E-state index contributed by atoms with van der Waals surface area (Å²) in [6.07, 6.45) is 8.87. The van der Waals surface area contributed by atoms with E-state index in [2.05, 4.69) is 0 Å². The highest BCUT2D eigenvalue weighted by molar-refractivity contribution is 8.20. The molecule has 1 aliphatic carbocycles. The van der Waals surface area contributed by atoms with Crippen LogP contribution in [0.2, 0.25) is 0 Å². The molecular formula is C12H21O2S2+. The van der Waals surface area contributed by atoms with Gasteiger partial charge in [-0.05, 0) is 32.1 Å². The maximum absolute atomic E-state index is 10.9. The summed E-state index contributed by atoms with van der Waals surface area (Å²) >= 11 is 1.71. The van der Waals surface area contributed by atoms with E-state index in [4.69, 9.17) is 0 Å². The lowest BCUT2D eigenvalue weighted by molar-refractivity contribution is 0.0978. The van der Waals surface area contributed by atoms with Gasteiger partial charge in [-0.1, -0.05) is 18.2 Å². The van der Waals surface area contributed by atoms with E-state index in [1.54, 1.807) is 11.8 Å². The standard InChI is InChI=1S/C12H21O2S2/c13-11-7-4-2-6-10(11)15-12(14)8-3-1-5-9-16(11)12/h10,13-14H,1-9H2/q+1. The highest BCUT2D eigenvalue weighted by Gasteiger charge is 2.70. The van der Waals surface area contributed by atoms with Crippen LogP contribution in [0.1, 0.15) is 51.4 Å². The van der Waals surface area contributed by atoms with Crippen LogP contribution in [0, 0.1) is 0 Å². The largest absolute Gasteiger partial charge is 0.346 e. The van der Waals surface area contributed by atoms with Crippen LogP contribution in [-0.2, 0) is 10.9 Å². The van der Waals surface area contributed by atoms with Gasteiger partial charge in [-0.15, -0.1) is 0 Å². The van der Waals surface area contributed by atoms with Crippen molar-refractivity contribution < 1.29 is 10.2 Å². The van der Waals surface area contributed by atoms with Crippen molar-refractivity contribution in [2.75, 3.05) is 5.75 Å². The molecule has 4 atom stereocenters. The molecule has 3 aliphatic rings. The Balaban J connectivity index is 1.92. The lowest BCUT2D eigenvalue weighted by Crippen LogP contribution is -2.50. The fourth-order valence-electron chi connectivity index (χ4n) is 3.37. The van der Waals surface area contributed by atoms with Gasteiger partial charge < -0.3 is 10.2 Å². The topological polar surface area (TPSA) is 40.5 Å². The summed E-state index contributed by atoms with van der Waals surface area (Å²) in [6, 6.07) is 0. The first-order valence-corrected chi connectivity index (χ1v) is 8.76. The van der Waals surface area contributed by atoms with E-state index in [0.717, 1.165) is 37.9 Å². The van der Waals surface area contributed by atoms with E-state index in [0.29, 0.717) is 5.25 Å². The van der Waals surface area contributed by atoms with Crippen molar-refractivity contribution in [3.63, 3.8) is 0 Å². The number of hydrogen-bond acceptors (Lipinski definition) is 3. The molecule has 1 saturated carbocycles. The first-order chi connectivity index (χ1) is 7.65. The molecule has 16 heavy (non-hydrogen) atoms. The van der Waals surface area contributed by atoms with E-state index in [1.807, 2.05) is 0 Å². The average Bonchev–Trinajstić information content (AvgIpc) is 2.39. The molecule has 3 rings (SSSR count). The molecule has 0 aromatic heterocycles. The Kier molecular flexibility index (Phi) is 2.98. The molecule has 0 amide bonds. The SMILES string of the molecule is OC12CCCCC[S+]1C1(O)CCCCC1S2. The average molecular weight is 261 g/mol. The summed E-state index contributed by atoms with van der Waals surface area (Å²) in [5.74, 6) is 1.05. The molecule has 4 heteroatoms. The molecule has 0 aromatic rings. The fourth-order valence-corrected chi connectivity index (χ4v) is 9.59. The van der Waals surface area contributed by atoms with Crippen LogP contribution in [0.15, 0.2) is 0 Å². The third kappa shape index (κ3) is 1.64. The molecule has 2 aliphatic heterocycles. The first kappa shape index (κ1) is 11.7. The maximum atomic E-state index is 10.9. The van der Waals surface area contributed by atoms with E-state index in [-0.39, 0.29) is 10.9 Å². The number of aliphatic hydroxyl groups is 2. The Morgan fingerprint density at radius 3 is 2.69 bits per heavy atom. The number of hydrogen-bond donors (Lipinski definition) is 2. The van der Waals surface area contributed by atoms with Crippen molar-refractivity contribution in [1.29, 1.82) is 0 Å². The minimum Gasteiger partial charge on any atom is -0.346 e. The maximum Gasteiger partial charge on any atom is 0.277 e. The van der Waals surface area contributed by atoms with Gasteiger partial charge in [-0.2, -0.15) is 0 Å². The number of fused-ring (bicyclic) bond motifs is 3. The van der Waals surface area contributed by atoms with Gasteiger partial charge >= 0.3 is 0 Å². The Bertz CT molecular complexity index is 286. The summed E-state index contributed by atoms with van der Waals surface area (Å²) in [7, 11) is -0.176. The van der Waals surface area contributed by atoms with Crippen LogP contribution >= 0.6 is 11.8 Å². The third-order valence-electron chi connectivity index (χ3n) is 4.23. The zero-order valence-corrected chi connectivity index (χ0v) is 11.3. The van der Waals surface area contributed by atoms with E-state index in [1.165, 1.54) is 19.3 Å². The minimum atomic E-state index is -0.583. The zero-order chi connectivity index (χ0) is 11.2. The van der Waals surface area contributed by atoms with E-state index >= 15 is 0 Å². The summed E-state index contributed by atoms with van der Waals surface area (Å²) in [5, 5.41) is 22.0. The fraction of sp³-hybridized carbons (Fsp3) is 1.00. The van der Waals surface area contributed by atoms with E-state index < -0.39 is 9.20 Å². The Morgan fingerprint density at radius 2 is 1.81 bits per heavy atom. The Morgan fingerprint density at radius 1 is 1.00 bits per heavy atom.